The summed E-state index contributed by atoms with van der Waals surface area (Å²) in [6.07, 6.45) is 0.971. The number of carboxylic acid groups (broad SMARTS) is 1. The van der Waals surface area contributed by atoms with Crippen molar-refractivity contribution in [3.63, 3.8) is 0 Å². The molecule has 0 saturated carbocycles. The molecule has 0 bridgehead atoms. The summed E-state index contributed by atoms with van der Waals surface area (Å²) in [6.45, 7) is 2.70. The van der Waals surface area contributed by atoms with Gasteiger partial charge in [-0.05, 0) is 33.9 Å². The van der Waals surface area contributed by atoms with Crippen molar-refractivity contribution < 1.29 is 9.90 Å². The zero-order valence-electron chi connectivity index (χ0n) is 9.74. The van der Waals surface area contributed by atoms with E-state index < -0.39 is 5.97 Å². The van der Waals surface area contributed by atoms with Crippen molar-refractivity contribution in [1.29, 1.82) is 0 Å². The lowest BCUT2D eigenvalue weighted by Gasteiger charge is -2.03. The minimum atomic E-state index is -0.875. The maximum Gasteiger partial charge on any atom is 0.313 e. The highest BCUT2D eigenvalue weighted by Gasteiger charge is 2.11. The quantitative estimate of drug-likeness (QED) is 0.810. The zero-order chi connectivity index (χ0) is 13.0. The standard InChI is InChI=1S/C10H12N4O2S2/c1-2-7-3-4-17-8(7)5-14-10(11-12-13-14)18-6-9(15)16/h3-4H,2,5-6H2,1H3,(H,15,16). The first-order valence-electron chi connectivity index (χ1n) is 5.36. The van der Waals surface area contributed by atoms with Crippen molar-refractivity contribution in [2.45, 2.75) is 25.0 Å². The minimum Gasteiger partial charge on any atom is -0.481 e. The number of nitrogens with zero attached hydrogens (tertiary/aromatic N) is 4. The number of hydrogen-bond acceptors (Lipinski definition) is 6. The second-order valence-electron chi connectivity index (χ2n) is 3.52. The van der Waals surface area contributed by atoms with Crippen LogP contribution in [0.3, 0.4) is 0 Å². The fourth-order valence-corrected chi connectivity index (χ4v) is 3.04. The molecule has 2 rings (SSSR count). The average molecular weight is 284 g/mol. The van der Waals surface area contributed by atoms with Gasteiger partial charge in [-0.25, -0.2) is 4.68 Å². The van der Waals surface area contributed by atoms with E-state index in [2.05, 4.69) is 28.5 Å². The number of hydrogen-bond donors (Lipinski definition) is 1. The monoisotopic (exact) mass is 284 g/mol. The lowest BCUT2D eigenvalue weighted by molar-refractivity contribution is -0.133. The Bertz CT molecular complexity index is 537. The van der Waals surface area contributed by atoms with Crippen LogP contribution in [-0.2, 0) is 17.8 Å². The summed E-state index contributed by atoms with van der Waals surface area (Å²) >= 11 is 2.79. The van der Waals surface area contributed by atoms with Gasteiger partial charge in [-0.15, -0.1) is 16.4 Å². The third kappa shape index (κ3) is 3.08. The van der Waals surface area contributed by atoms with E-state index in [1.807, 2.05) is 5.38 Å². The summed E-state index contributed by atoms with van der Waals surface area (Å²) in [4.78, 5) is 11.7. The average Bonchev–Trinajstić information content (AvgIpc) is 2.96. The molecule has 2 aromatic rings. The molecule has 0 aliphatic carbocycles. The summed E-state index contributed by atoms with van der Waals surface area (Å²) in [5.74, 6) is -0.911. The van der Waals surface area contributed by atoms with Gasteiger partial charge in [-0.3, -0.25) is 4.79 Å². The molecule has 1 N–H and O–H groups in total. The van der Waals surface area contributed by atoms with Crippen molar-refractivity contribution in [3.05, 3.63) is 21.9 Å². The number of thiophene rings is 1. The molecule has 2 aromatic heterocycles. The van der Waals surface area contributed by atoms with Gasteiger partial charge in [0.05, 0.1) is 12.3 Å². The van der Waals surface area contributed by atoms with Crippen molar-refractivity contribution in [2.75, 3.05) is 5.75 Å². The second kappa shape index (κ2) is 5.96. The van der Waals surface area contributed by atoms with E-state index in [1.165, 1.54) is 10.4 Å². The fourth-order valence-electron chi connectivity index (χ4n) is 1.48. The Kier molecular flexibility index (Phi) is 4.32. The summed E-state index contributed by atoms with van der Waals surface area (Å²) in [7, 11) is 0. The molecule has 0 aliphatic rings. The maximum absolute atomic E-state index is 10.5. The molecule has 6 nitrogen and oxygen atoms in total. The lowest BCUT2D eigenvalue weighted by Crippen LogP contribution is -2.06. The van der Waals surface area contributed by atoms with Crippen molar-refractivity contribution in [2.24, 2.45) is 0 Å². The molecule has 0 atom stereocenters. The highest BCUT2D eigenvalue weighted by atomic mass is 32.2. The molecule has 96 valence electrons. The second-order valence-corrected chi connectivity index (χ2v) is 5.47. The van der Waals surface area contributed by atoms with Gasteiger partial charge in [-0.2, -0.15) is 0 Å². The number of carbonyl (C=O) groups is 1. The maximum atomic E-state index is 10.5. The Morgan fingerprint density at radius 2 is 2.44 bits per heavy atom. The Hall–Kier alpha value is -1.41. The zero-order valence-corrected chi connectivity index (χ0v) is 11.4. The summed E-state index contributed by atoms with van der Waals surface area (Å²) in [5, 5.41) is 22.5. The number of aliphatic carboxylic acids is 1. The molecule has 0 amide bonds. The van der Waals surface area contributed by atoms with Crippen LogP contribution in [0.15, 0.2) is 16.6 Å². The van der Waals surface area contributed by atoms with E-state index in [0.29, 0.717) is 11.7 Å². The third-order valence-electron chi connectivity index (χ3n) is 2.34. The van der Waals surface area contributed by atoms with E-state index >= 15 is 0 Å². The van der Waals surface area contributed by atoms with E-state index in [1.54, 1.807) is 16.0 Å². The van der Waals surface area contributed by atoms with Crippen LogP contribution < -0.4 is 0 Å². The molecule has 0 spiro atoms. The molecule has 18 heavy (non-hydrogen) atoms. The lowest BCUT2D eigenvalue weighted by atomic mass is 10.2. The van der Waals surface area contributed by atoms with Crippen LogP contribution in [0, 0.1) is 0 Å². The van der Waals surface area contributed by atoms with Crippen molar-refractivity contribution >= 4 is 29.1 Å². The van der Waals surface area contributed by atoms with Gasteiger partial charge in [0.2, 0.25) is 5.16 Å². The SMILES string of the molecule is CCc1ccsc1Cn1nnnc1SCC(=O)O. The van der Waals surface area contributed by atoms with E-state index in [0.717, 1.165) is 18.2 Å². The van der Waals surface area contributed by atoms with Gasteiger partial charge in [-0.1, -0.05) is 18.7 Å². The van der Waals surface area contributed by atoms with Crippen LogP contribution in [0.25, 0.3) is 0 Å². The van der Waals surface area contributed by atoms with E-state index in [4.69, 9.17) is 5.11 Å². The van der Waals surface area contributed by atoms with Crippen LogP contribution in [0.4, 0.5) is 0 Å². The first-order valence-corrected chi connectivity index (χ1v) is 7.23. The molecule has 0 aromatic carbocycles. The number of rotatable bonds is 6. The van der Waals surface area contributed by atoms with Crippen LogP contribution in [-0.4, -0.2) is 37.0 Å². The van der Waals surface area contributed by atoms with Crippen LogP contribution in [0.1, 0.15) is 17.4 Å². The molecule has 0 radical (unpaired) electrons. The summed E-state index contributed by atoms with van der Waals surface area (Å²) in [6, 6.07) is 2.09. The topological polar surface area (TPSA) is 80.9 Å². The minimum absolute atomic E-state index is 0.0363. The molecular formula is C10H12N4O2S2. The number of tetrazole rings is 1. The van der Waals surface area contributed by atoms with Gasteiger partial charge >= 0.3 is 5.97 Å². The van der Waals surface area contributed by atoms with Crippen molar-refractivity contribution in [1.82, 2.24) is 20.2 Å². The van der Waals surface area contributed by atoms with E-state index in [-0.39, 0.29) is 5.75 Å². The summed E-state index contributed by atoms with van der Waals surface area (Å²) < 4.78 is 1.64. The first kappa shape index (κ1) is 13.0. The molecule has 0 fully saturated rings. The normalized spacial score (nSPS) is 10.7. The van der Waals surface area contributed by atoms with Gasteiger partial charge in [0, 0.05) is 4.88 Å². The molecule has 2 heterocycles. The molecule has 0 saturated heterocycles. The Morgan fingerprint density at radius 3 is 3.17 bits per heavy atom. The van der Waals surface area contributed by atoms with Gasteiger partial charge in [0.15, 0.2) is 0 Å². The fraction of sp³-hybridized carbons (Fsp3) is 0.400. The largest absolute Gasteiger partial charge is 0.481 e. The number of aromatic nitrogens is 4. The smallest absolute Gasteiger partial charge is 0.313 e. The summed E-state index contributed by atoms with van der Waals surface area (Å²) in [5.41, 5.74) is 1.28. The predicted molar refractivity (Wildman–Crippen MR) is 69.0 cm³/mol. The highest BCUT2D eigenvalue weighted by molar-refractivity contribution is 7.99. The molecule has 8 heteroatoms. The Morgan fingerprint density at radius 1 is 1.61 bits per heavy atom. The predicted octanol–water partition coefficient (Wildman–Crippen LogP) is 1.52. The van der Waals surface area contributed by atoms with Crippen LogP contribution in [0.2, 0.25) is 0 Å². The Labute approximate surface area is 112 Å². The van der Waals surface area contributed by atoms with Gasteiger partial charge in [0.1, 0.15) is 0 Å². The van der Waals surface area contributed by atoms with E-state index in [9.17, 15) is 4.79 Å². The third-order valence-corrected chi connectivity index (χ3v) is 4.23. The number of aryl methyl sites for hydroxylation is 1. The molecule has 0 aliphatic heterocycles. The number of thioether (sulfide) groups is 1. The van der Waals surface area contributed by atoms with Gasteiger partial charge in [0.25, 0.3) is 0 Å². The van der Waals surface area contributed by atoms with Gasteiger partial charge < -0.3 is 5.11 Å². The van der Waals surface area contributed by atoms with Crippen LogP contribution in [0.5, 0.6) is 0 Å². The highest BCUT2D eigenvalue weighted by Crippen LogP contribution is 2.21. The van der Waals surface area contributed by atoms with Crippen molar-refractivity contribution in [3.8, 4) is 0 Å². The Balaban J connectivity index is 2.10. The molecular weight excluding hydrogens is 272 g/mol. The van der Waals surface area contributed by atoms with Crippen LogP contribution >= 0.6 is 23.1 Å². The first-order chi connectivity index (χ1) is 8.70. The number of carboxylic acids is 1. The molecule has 0 unspecified atom stereocenters.